The molecule has 0 bridgehead atoms. The van der Waals surface area contributed by atoms with E-state index in [1.807, 2.05) is 0 Å². The summed E-state index contributed by atoms with van der Waals surface area (Å²) < 4.78 is 208. The molecular formula is C13H15F14NO3S. The molecule has 32 heavy (non-hydrogen) atoms. The Hall–Kier alpha value is -1.37. The fraction of sp³-hybridized carbons (Fsp3) is 0.846. The molecular weight excluding hydrogens is 516 g/mol. The van der Waals surface area contributed by atoms with E-state index in [1.54, 1.807) is 6.08 Å². The minimum Gasteiger partial charge on any atom is -0.327 e. The zero-order valence-electron chi connectivity index (χ0n) is 15.2. The van der Waals surface area contributed by atoms with Crippen molar-refractivity contribution in [3.63, 3.8) is 0 Å². The van der Waals surface area contributed by atoms with Crippen LogP contribution in [0.5, 0.6) is 0 Å². The third-order valence-corrected chi connectivity index (χ3v) is 4.28. The fourth-order valence-electron chi connectivity index (χ4n) is 1.61. The molecule has 0 radical (unpaired) electrons. The standard InChI is InChI=1S/C10H8F14O3S.C3H7N/c11-4(2-1-3-5(12,13)14)6(15,16)7(17,18)8(19,20)9(21,22)10(23,24)28(25,26)27;1-2-3-4/h4H,1-3H2,(H,25,26,27);2H,1,3-4H2. The highest BCUT2D eigenvalue weighted by Gasteiger charge is 2.89. The molecule has 0 saturated heterocycles. The summed E-state index contributed by atoms with van der Waals surface area (Å²) in [7, 11) is -7.56. The van der Waals surface area contributed by atoms with E-state index in [9.17, 15) is 69.9 Å². The minimum absolute atomic E-state index is 0.583. The highest BCUT2D eigenvalue weighted by atomic mass is 32.2. The van der Waals surface area contributed by atoms with Crippen molar-refractivity contribution >= 4 is 10.1 Å². The van der Waals surface area contributed by atoms with E-state index in [0.29, 0.717) is 6.54 Å². The van der Waals surface area contributed by atoms with Gasteiger partial charge in [0.25, 0.3) is 0 Å². The van der Waals surface area contributed by atoms with Crippen LogP contribution in [-0.2, 0) is 10.1 Å². The normalized spacial score (nSPS) is 15.6. The first kappa shape index (κ1) is 32.8. The smallest absolute Gasteiger partial charge is 0.327 e. The summed E-state index contributed by atoms with van der Waals surface area (Å²) in [4.78, 5) is 0. The van der Waals surface area contributed by atoms with Gasteiger partial charge in [0, 0.05) is 13.0 Å². The predicted octanol–water partition coefficient (Wildman–Crippen LogP) is 5.21. The fourth-order valence-corrected chi connectivity index (χ4v) is 2.06. The third-order valence-electron chi connectivity index (χ3n) is 3.37. The summed E-state index contributed by atoms with van der Waals surface area (Å²) in [5.41, 5.74) is 4.91. The average Bonchev–Trinajstić information content (AvgIpc) is 2.58. The Morgan fingerprint density at radius 3 is 1.50 bits per heavy atom. The van der Waals surface area contributed by atoms with E-state index in [4.69, 9.17) is 10.3 Å². The van der Waals surface area contributed by atoms with Gasteiger partial charge in [-0.15, -0.1) is 6.58 Å². The topological polar surface area (TPSA) is 80.4 Å². The SMILES string of the molecule is C=CCN.O=S(=O)(O)C(F)(F)C(F)(F)C(F)(F)C(F)(F)C(F)(F)C(F)CCCC(F)(F)F. The molecule has 3 N–H and O–H groups in total. The minimum atomic E-state index is -7.99. The van der Waals surface area contributed by atoms with Gasteiger partial charge in [-0.25, -0.2) is 4.39 Å². The number of rotatable bonds is 10. The molecule has 19 heteroatoms. The van der Waals surface area contributed by atoms with Gasteiger partial charge in [0.1, 0.15) is 0 Å². The highest BCUT2D eigenvalue weighted by molar-refractivity contribution is 7.87. The first-order valence-corrected chi connectivity index (χ1v) is 9.11. The summed E-state index contributed by atoms with van der Waals surface area (Å²) in [6, 6.07) is 0. The maximum Gasteiger partial charge on any atom is 0.438 e. The molecule has 0 heterocycles. The van der Waals surface area contributed by atoms with Crippen molar-refractivity contribution in [1.29, 1.82) is 0 Å². The van der Waals surface area contributed by atoms with Crippen LogP contribution in [0.4, 0.5) is 61.5 Å². The third kappa shape index (κ3) is 6.58. The van der Waals surface area contributed by atoms with Gasteiger partial charge in [0.2, 0.25) is 0 Å². The summed E-state index contributed by atoms with van der Waals surface area (Å²) >= 11 is 0. The summed E-state index contributed by atoms with van der Waals surface area (Å²) in [6.07, 6.45) is -14.1. The molecule has 0 saturated carbocycles. The van der Waals surface area contributed by atoms with Crippen LogP contribution in [0.15, 0.2) is 12.7 Å². The molecule has 0 aliphatic heterocycles. The largest absolute Gasteiger partial charge is 0.438 e. The first-order chi connectivity index (χ1) is 13.8. The molecule has 1 atom stereocenters. The molecule has 0 aromatic carbocycles. The number of hydrogen-bond donors (Lipinski definition) is 2. The molecule has 4 nitrogen and oxygen atoms in total. The van der Waals surface area contributed by atoms with Crippen molar-refractivity contribution in [1.82, 2.24) is 0 Å². The molecule has 0 spiro atoms. The van der Waals surface area contributed by atoms with E-state index in [1.165, 1.54) is 0 Å². The Morgan fingerprint density at radius 1 is 0.844 bits per heavy atom. The summed E-state index contributed by atoms with van der Waals surface area (Å²) in [6.45, 7) is 3.94. The predicted molar refractivity (Wildman–Crippen MR) is 80.3 cm³/mol. The van der Waals surface area contributed by atoms with Gasteiger partial charge in [-0.05, 0) is 12.8 Å². The molecule has 0 fully saturated rings. The van der Waals surface area contributed by atoms with Gasteiger partial charge in [0.15, 0.2) is 6.17 Å². The molecule has 0 rings (SSSR count). The van der Waals surface area contributed by atoms with E-state index in [-0.39, 0.29) is 0 Å². The number of halogens is 14. The van der Waals surface area contributed by atoms with E-state index in [0.717, 1.165) is 0 Å². The quantitative estimate of drug-likeness (QED) is 0.231. The Morgan fingerprint density at radius 2 is 1.22 bits per heavy atom. The first-order valence-electron chi connectivity index (χ1n) is 7.67. The molecule has 0 aromatic heterocycles. The number of hydrogen-bond acceptors (Lipinski definition) is 3. The Bertz CT molecular complexity index is 720. The van der Waals surface area contributed by atoms with E-state index < -0.39 is 70.7 Å². The van der Waals surface area contributed by atoms with Crippen molar-refractivity contribution in [2.75, 3.05) is 6.54 Å². The lowest BCUT2D eigenvalue weighted by Gasteiger charge is -2.39. The maximum absolute atomic E-state index is 13.3. The van der Waals surface area contributed by atoms with Crippen LogP contribution < -0.4 is 5.73 Å². The van der Waals surface area contributed by atoms with E-state index in [2.05, 4.69) is 6.58 Å². The lowest BCUT2D eigenvalue weighted by atomic mass is 9.93. The molecule has 194 valence electrons. The zero-order valence-corrected chi connectivity index (χ0v) is 16.0. The van der Waals surface area contributed by atoms with Gasteiger partial charge in [-0.2, -0.15) is 65.5 Å². The molecule has 0 aliphatic rings. The van der Waals surface area contributed by atoms with Crippen molar-refractivity contribution in [2.45, 2.75) is 60.6 Å². The van der Waals surface area contributed by atoms with Crippen LogP contribution in [0.25, 0.3) is 0 Å². The second kappa shape index (κ2) is 10.3. The second-order valence-corrected chi connectivity index (χ2v) is 7.30. The van der Waals surface area contributed by atoms with Gasteiger partial charge in [-0.3, -0.25) is 4.55 Å². The highest BCUT2D eigenvalue weighted by Crippen LogP contribution is 2.59. The van der Waals surface area contributed by atoms with Crippen LogP contribution in [0.3, 0.4) is 0 Å². The van der Waals surface area contributed by atoms with Crippen molar-refractivity contribution in [3.05, 3.63) is 12.7 Å². The van der Waals surface area contributed by atoms with Crippen molar-refractivity contribution in [2.24, 2.45) is 5.73 Å². The molecule has 0 aliphatic carbocycles. The van der Waals surface area contributed by atoms with Crippen LogP contribution in [-0.4, -0.2) is 60.8 Å². The van der Waals surface area contributed by atoms with Crippen molar-refractivity contribution in [3.8, 4) is 0 Å². The second-order valence-electron chi connectivity index (χ2n) is 5.84. The number of alkyl halides is 14. The Labute approximate surface area is 171 Å². The van der Waals surface area contributed by atoms with Crippen LogP contribution in [0.2, 0.25) is 0 Å². The maximum atomic E-state index is 13.3. The zero-order chi connectivity index (χ0) is 26.6. The lowest BCUT2D eigenvalue weighted by molar-refractivity contribution is -0.397. The monoisotopic (exact) mass is 531 g/mol. The van der Waals surface area contributed by atoms with Gasteiger partial charge < -0.3 is 5.73 Å². The van der Waals surface area contributed by atoms with Gasteiger partial charge in [-0.1, -0.05) is 6.08 Å². The Balaban J connectivity index is 0. The van der Waals surface area contributed by atoms with Crippen LogP contribution >= 0.6 is 0 Å². The van der Waals surface area contributed by atoms with Crippen LogP contribution in [0.1, 0.15) is 19.3 Å². The molecule has 0 amide bonds. The molecule has 0 aromatic rings. The average molecular weight is 531 g/mol. The van der Waals surface area contributed by atoms with E-state index >= 15 is 0 Å². The lowest BCUT2D eigenvalue weighted by Crippen LogP contribution is -2.70. The van der Waals surface area contributed by atoms with Gasteiger partial charge in [0.05, 0.1) is 0 Å². The summed E-state index contributed by atoms with van der Waals surface area (Å²) in [5.74, 6) is -30.6. The van der Waals surface area contributed by atoms with Crippen molar-refractivity contribution < 1.29 is 74.4 Å². The molecule has 1 unspecified atom stereocenters. The Kier molecular flexibility index (Phi) is 10.5. The summed E-state index contributed by atoms with van der Waals surface area (Å²) in [5, 5.41) is -7.43. The number of nitrogens with two attached hydrogens (primary N) is 1. The van der Waals surface area contributed by atoms with Gasteiger partial charge >= 0.3 is 45.2 Å². The van der Waals surface area contributed by atoms with Crippen LogP contribution in [0, 0.1) is 0 Å².